The van der Waals surface area contributed by atoms with Gasteiger partial charge in [-0.25, -0.2) is 0 Å². The first-order valence-electron chi connectivity index (χ1n) is 11.5. The van der Waals surface area contributed by atoms with Gasteiger partial charge in [-0.2, -0.15) is 0 Å². The Balaban J connectivity index is 1.67. The maximum atomic E-state index is 12.0. The number of carbonyl (C=O) groups is 1. The van der Waals surface area contributed by atoms with Crippen molar-refractivity contribution in [1.29, 1.82) is 0 Å². The maximum Gasteiger partial charge on any atom is 0.310 e. The van der Waals surface area contributed by atoms with E-state index in [0.29, 0.717) is 32.1 Å². The standard InChI is InChI=1S/C28H30N2O4/c1-3-32-27(31)15-22-8-4-5-10-26(22)33-18-20-12-23-14-24(17-30-2)34-28(23)25(13-20)21-9-6-7-19(11-21)16-29/h4-14,30H,3,15-18,29H2,1-2H3. The number of nitrogens with one attached hydrogen (secondary N) is 1. The molecule has 4 rings (SSSR count). The smallest absolute Gasteiger partial charge is 0.310 e. The Labute approximate surface area is 199 Å². The van der Waals surface area contributed by atoms with Crippen molar-refractivity contribution in [3.8, 4) is 16.9 Å². The lowest BCUT2D eigenvalue weighted by Gasteiger charge is -2.13. The molecule has 0 aliphatic carbocycles. The van der Waals surface area contributed by atoms with Crippen LogP contribution in [-0.4, -0.2) is 19.6 Å². The number of carbonyl (C=O) groups excluding carboxylic acids is 1. The summed E-state index contributed by atoms with van der Waals surface area (Å²) in [6.45, 7) is 3.63. The number of para-hydroxylation sites is 1. The van der Waals surface area contributed by atoms with Crippen molar-refractivity contribution in [3.05, 3.63) is 89.2 Å². The normalized spacial score (nSPS) is 11.0. The van der Waals surface area contributed by atoms with Crippen LogP contribution in [-0.2, 0) is 35.6 Å². The molecule has 0 aliphatic heterocycles. The van der Waals surface area contributed by atoms with Gasteiger partial charge in [0.25, 0.3) is 0 Å². The molecule has 0 amide bonds. The van der Waals surface area contributed by atoms with Gasteiger partial charge in [-0.1, -0.05) is 36.4 Å². The fraction of sp³-hybridized carbons (Fsp3) is 0.250. The van der Waals surface area contributed by atoms with E-state index in [1.54, 1.807) is 6.92 Å². The molecular weight excluding hydrogens is 428 g/mol. The highest BCUT2D eigenvalue weighted by molar-refractivity contribution is 5.93. The first-order chi connectivity index (χ1) is 16.6. The van der Waals surface area contributed by atoms with Gasteiger partial charge in [0.1, 0.15) is 23.7 Å². The Morgan fingerprint density at radius 2 is 1.88 bits per heavy atom. The summed E-state index contributed by atoms with van der Waals surface area (Å²) in [5.74, 6) is 1.27. The van der Waals surface area contributed by atoms with E-state index < -0.39 is 0 Å². The lowest BCUT2D eigenvalue weighted by molar-refractivity contribution is -0.142. The van der Waals surface area contributed by atoms with Crippen LogP contribution in [0.2, 0.25) is 0 Å². The second-order valence-electron chi connectivity index (χ2n) is 8.09. The molecule has 0 unspecified atom stereocenters. The van der Waals surface area contributed by atoms with Crippen LogP contribution in [0.25, 0.3) is 22.1 Å². The lowest BCUT2D eigenvalue weighted by Crippen LogP contribution is -2.09. The molecule has 4 aromatic rings. The van der Waals surface area contributed by atoms with E-state index in [1.165, 1.54) is 0 Å². The Hall–Kier alpha value is -3.61. The predicted octanol–water partition coefficient (Wildman–Crippen LogP) is 4.96. The number of hydrogen-bond acceptors (Lipinski definition) is 6. The molecule has 3 N–H and O–H groups in total. The van der Waals surface area contributed by atoms with E-state index in [4.69, 9.17) is 19.6 Å². The van der Waals surface area contributed by atoms with Crippen molar-refractivity contribution in [1.82, 2.24) is 5.32 Å². The van der Waals surface area contributed by atoms with Gasteiger partial charge in [0.2, 0.25) is 0 Å². The highest BCUT2D eigenvalue weighted by Gasteiger charge is 2.14. The van der Waals surface area contributed by atoms with Crippen molar-refractivity contribution in [2.75, 3.05) is 13.7 Å². The molecule has 0 saturated heterocycles. The minimum atomic E-state index is -0.266. The number of esters is 1. The van der Waals surface area contributed by atoms with Crippen LogP contribution in [0.15, 0.2) is 71.1 Å². The molecule has 0 aliphatic rings. The summed E-state index contributed by atoms with van der Waals surface area (Å²) >= 11 is 0. The van der Waals surface area contributed by atoms with E-state index in [0.717, 1.165) is 44.5 Å². The Kier molecular flexibility index (Phi) is 7.62. The average molecular weight is 459 g/mol. The van der Waals surface area contributed by atoms with Crippen LogP contribution < -0.4 is 15.8 Å². The number of hydrogen-bond donors (Lipinski definition) is 2. The summed E-state index contributed by atoms with van der Waals surface area (Å²) in [5, 5.41) is 4.15. The average Bonchev–Trinajstić information content (AvgIpc) is 3.26. The SMILES string of the molecule is CCOC(=O)Cc1ccccc1OCc1cc(-c2cccc(CN)c2)c2oc(CNC)cc2c1. The topological polar surface area (TPSA) is 86.7 Å². The fourth-order valence-corrected chi connectivity index (χ4v) is 4.01. The third kappa shape index (κ3) is 5.47. The van der Waals surface area contributed by atoms with Crippen molar-refractivity contribution < 1.29 is 18.7 Å². The van der Waals surface area contributed by atoms with Crippen LogP contribution >= 0.6 is 0 Å². The summed E-state index contributed by atoms with van der Waals surface area (Å²) in [4.78, 5) is 12.0. The first kappa shape index (κ1) is 23.5. The summed E-state index contributed by atoms with van der Waals surface area (Å²) in [5.41, 5.74) is 11.6. The fourth-order valence-electron chi connectivity index (χ4n) is 4.01. The zero-order valence-corrected chi connectivity index (χ0v) is 19.6. The number of furan rings is 1. The van der Waals surface area contributed by atoms with Crippen molar-refractivity contribution >= 4 is 16.9 Å². The number of rotatable bonds is 10. The van der Waals surface area contributed by atoms with E-state index in [2.05, 4.69) is 35.6 Å². The second-order valence-corrected chi connectivity index (χ2v) is 8.09. The maximum absolute atomic E-state index is 12.0. The molecule has 0 bridgehead atoms. The molecule has 3 aromatic carbocycles. The van der Waals surface area contributed by atoms with Gasteiger partial charge in [0.15, 0.2) is 0 Å². The molecule has 0 spiro atoms. The molecule has 0 radical (unpaired) electrons. The summed E-state index contributed by atoms with van der Waals surface area (Å²) in [7, 11) is 1.89. The predicted molar refractivity (Wildman–Crippen MR) is 133 cm³/mol. The molecule has 0 saturated carbocycles. The summed E-state index contributed by atoms with van der Waals surface area (Å²) in [6.07, 6.45) is 0.176. The molecule has 6 heteroatoms. The van der Waals surface area contributed by atoms with Gasteiger partial charge < -0.3 is 24.9 Å². The third-order valence-electron chi connectivity index (χ3n) is 5.56. The van der Waals surface area contributed by atoms with E-state index in [-0.39, 0.29) is 12.4 Å². The van der Waals surface area contributed by atoms with Gasteiger partial charge in [-0.05, 0) is 61.0 Å². The Bertz CT molecular complexity index is 1280. The van der Waals surface area contributed by atoms with Crippen molar-refractivity contribution in [2.24, 2.45) is 5.73 Å². The molecule has 34 heavy (non-hydrogen) atoms. The van der Waals surface area contributed by atoms with Gasteiger partial charge in [-0.15, -0.1) is 0 Å². The third-order valence-corrected chi connectivity index (χ3v) is 5.56. The zero-order valence-electron chi connectivity index (χ0n) is 19.6. The summed E-state index contributed by atoms with van der Waals surface area (Å²) < 4.78 is 17.5. The Morgan fingerprint density at radius 1 is 1.03 bits per heavy atom. The first-order valence-corrected chi connectivity index (χ1v) is 11.5. The number of ether oxygens (including phenoxy) is 2. The van der Waals surface area contributed by atoms with Gasteiger partial charge in [0, 0.05) is 23.1 Å². The minimum absolute atomic E-state index is 0.176. The van der Waals surface area contributed by atoms with Gasteiger partial charge in [-0.3, -0.25) is 4.79 Å². The highest BCUT2D eigenvalue weighted by Crippen LogP contribution is 2.34. The second kappa shape index (κ2) is 11.0. The minimum Gasteiger partial charge on any atom is -0.489 e. The van der Waals surface area contributed by atoms with Crippen molar-refractivity contribution in [3.63, 3.8) is 0 Å². The molecular formula is C28H30N2O4. The lowest BCUT2D eigenvalue weighted by atomic mass is 9.99. The van der Waals surface area contributed by atoms with Crippen LogP contribution in [0.1, 0.15) is 29.4 Å². The number of nitrogens with two attached hydrogens (primary N) is 1. The molecule has 1 heterocycles. The van der Waals surface area contributed by atoms with Crippen LogP contribution in [0.5, 0.6) is 5.75 Å². The monoisotopic (exact) mass is 458 g/mol. The molecule has 1 aromatic heterocycles. The van der Waals surface area contributed by atoms with E-state index in [1.807, 2.05) is 43.4 Å². The van der Waals surface area contributed by atoms with Gasteiger partial charge in [0.05, 0.1) is 19.6 Å². The molecule has 0 atom stereocenters. The van der Waals surface area contributed by atoms with Crippen LogP contribution in [0.4, 0.5) is 0 Å². The van der Waals surface area contributed by atoms with Gasteiger partial charge >= 0.3 is 5.97 Å². The van der Waals surface area contributed by atoms with Crippen LogP contribution in [0.3, 0.4) is 0 Å². The highest BCUT2D eigenvalue weighted by atomic mass is 16.5. The molecule has 0 fully saturated rings. The summed E-state index contributed by atoms with van der Waals surface area (Å²) in [6, 6.07) is 22.0. The number of benzene rings is 3. The zero-order chi connectivity index (χ0) is 23.9. The van der Waals surface area contributed by atoms with Crippen molar-refractivity contribution in [2.45, 2.75) is 33.0 Å². The molecule has 6 nitrogen and oxygen atoms in total. The molecule has 176 valence electrons. The van der Waals surface area contributed by atoms with E-state index >= 15 is 0 Å². The quantitative estimate of drug-likeness (QED) is 0.327. The van der Waals surface area contributed by atoms with Crippen LogP contribution in [0, 0.1) is 0 Å². The number of fused-ring (bicyclic) bond motifs is 1. The largest absolute Gasteiger partial charge is 0.489 e. The Morgan fingerprint density at radius 3 is 2.68 bits per heavy atom. The van der Waals surface area contributed by atoms with E-state index in [9.17, 15) is 4.79 Å².